The van der Waals surface area contributed by atoms with Gasteiger partial charge in [0.05, 0.1) is 15.7 Å². The predicted molar refractivity (Wildman–Crippen MR) is 58.0 cm³/mol. The summed E-state index contributed by atoms with van der Waals surface area (Å²) in [6, 6.07) is 2.42. The number of benzene rings is 1. The van der Waals surface area contributed by atoms with Crippen molar-refractivity contribution in [1.29, 1.82) is 0 Å². The van der Waals surface area contributed by atoms with Crippen LogP contribution in [0.5, 0.6) is 0 Å². The zero-order valence-electron chi connectivity index (χ0n) is 7.54. The molecule has 15 heavy (non-hydrogen) atoms. The molecule has 0 spiro atoms. The normalized spacial score (nSPS) is 12.3. The van der Waals surface area contributed by atoms with Crippen LogP contribution in [0.25, 0.3) is 0 Å². The fraction of sp³-hybridized carbons (Fsp3) is 0.125. The van der Waals surface area contributed by atoms with Gasteiger partial charge in [0.2, 0.25) is 5.91 Å². The van der Waals surface area contributed by atoms with Crippen LogP contribution in [0.2, 0.25) is 10.0 Å². The van der Waals surface area contributed by atoms with Gasteiger partial charge < -0.3 is 9.87 Å². The maximum atomic E-state index is 10.8. The van der Waals surface area contributed by atoms with Crippen LogP contribution in [0.1, 0.15) is 6.92 Å². The summed E-state index contributed by atoms with van der Waals surface area (Å²) in [6.07, 6.45) is 0. The Bertz CT molecular complexity index is 413. The minimum atomic E-state index is -2.40. The van der Waals surface area contributed by atoms with Gasteiger partial charge in [-0.3, -0.25) is 9.00 Å². The van der Waals surface area contributed by atoms with E-state index in [2.05, 4.69) is 5.32 Å². The number of rotatable bonds is 2. The first-order chi connectivity index (χ1) is 6.91. The van der Waals surface area contributed by atoms with Gasteiger partial charge in [0.15, 0.2) is 0 Å². The topological polar surface area (TPSA) is 69.2 Å². The lowest BCUT2D eigenvalue weighted by Crippen LogP contribution is -2.07. The molecular formula is C8H6Cl2NO3S-. The second kappa shape index (κ2) is 4.94. The third-order valence-corrected chi connectivity index (χ3v) is 2.73. The highest BCUT2D eigenvalue weighted by molar-refractivity contribution is 7.79. The Kier molecular flexibility index (Phi) is 4.10. The molecule has 1 atom stereocenters. The molecular weight excluding hydrogens is 261 g/mol. The average Bonchev–Trinajstić information content (AvgIpc) is 2.10. The van der Waals surface area contributed by atoms with E-state index in [0.717, 1.165) is 0 Å². The maximum absolute atomic E-state index is 10.8. The molecule has 4 nitrogen and oxygen atoms in total. The molecule has 1 aromatic rings. The number of carbonyl (C=O) groups excluding carboxylic acids is 1. The summed E-state index contributed by atoms with van der Waals surface area (Å²) in [4.78, 5) is 10.8. The summed E-state index contributed by atoms with van der Waals surface area (Å²) in [7, 11) is 0. The number of hydrogen-bond acceptors (Lipinski definition) is 3. The first-order valence-corrected chi connectivity index (χ1v) is 5.61. The first-order valence-electron chi connectivity index (χ1n) is 3.77. The highest BCUT2D eigenvalue weighted by atomic mass is 35.5. The highest BCUT2D eigenvalue weighted by Crippen LogP contribution is 2.32. The third-order valence-electron chi connectivity index (χ3n) is 1.51. The van der Waals surface area contributed by atoms with E-state index < -0.39 is 11.1 Å². The van der Waals surface area contributed by atoms with Crippen molar-refractivity contribution < 1.29 is 13.6 Å². The Morgan fingerprint density at radius 3 is 2.20 bits per heavy atom. The third kappa shape index (κ3) is 3.17. The van der Waals surface area contributed by atoms with Crippen LogP contribution < -0.4 is 5.32 Å². The number of hydrogen-bond donors (Lipinski definition) is 1. The Hall–Kier alpha value is -0.620. The summed E-state index contributed by atoms with van der Waals surface area (Å²) in [5.74, 6) is -0.338. The van der Waals surface area contributed by atoms with Crippen LogP contribution in [0, 0.1) is 0 Å². The number of carbonyl (C=O) groups is 1. The van der Waals surface area contributed by atoms with Gasteiger partial charge in [0, 0.05) is 11.8 Å². The number of anilines is 1. The van der Waals surface area contributed by atoms with Gasteiger partial charge in [0.1, 0.15) is 0 Å². The van der Waals surface area contributed by atoms with E-state index in [1.165, 1.54) is 19.1 Å². The van der Waals surface area contributed by atoms with Gasteiger partial charge in [-0.2, -0.15) is 0 Å². The van der Waals surface area contributed by atoms with E-state index in [1.807, 2.05) is 0 Å². The molecule has 82 valence electrons. The Balaban J connectivity index is 3.21. The molecule has 1 aromatic carbocycles. The largest absolute Gasteiger partial charge is 0.768 e. The number of nitrogens with one attached hydrogen (secondary N) is 1. The van der Waals surface area contributed by atoms with Crippen molar-refractivity contribution in [2.45, 2.75) is 11.8 Å². The van der Waals surface area contributed by atoms with Crippen molar-refractivity contribution in [2.24, 2.45) is 0 Å². The standard InChI is InChI=1S/C8H7Cl2NO3S/c1-4(12)11-8-6(9)2-5(15(13)14)3-7(8)10/h2-3H,1H3,(H,11,12)(H,13,14)/p-1. The summed E-state index contributed by atoms with van der Waals surface area (Å²) in [6.45, 7) is 1.30. The summed E-state index contributed by atoms with van der Waals surface area (Å²) < 4.78 is 21.3. The van der Waals surface area contributed by atoms with Crippen LogP contribution >= 0.6 is 23.2 Å². The smallest absolute Gasteiger partial charge is 0.221 e. The van der Waals surface area contributed by atoms with Gasteiger partial charge in [0.25, 0.3) is 0 Å². The fourth-order valence-corrected chi connectivity index (χ4v) is 2.08. The molecule has 1 rings (SSSR count). The average molecular weight is 267 g/mol. The lowest BCUT2D eigenvalue weighted by Gasteiger charge is -2.11. The molecule has 0 saturated carbocycles. The quantitative estimate of drug-likeness (QED) is 0.835. The second-order valence-electron chi connectivity index (χ2n) is 2.68. The van der Waals surface area contributed by atoms with E-state index in [4.69, 9.17) is 23.2 Å². The predicted octanol–water partition coefficient (Wildman–Crippen LogP) is 2.19. The van der Waals surface area contributed by atoms with Crippen LogP contribution in [0.15, 0.2) is 17.0 Å². The van der Waals surface area contributed by atoms with Crippen molar-refractivity contribution in [2.75, 3.05) is 5.32 Å². The molecule has 0 radical (unpaired) electrons. The minimum absolute atomic E-state index is 0.0286. The van der Waals surface area contributed by atoms with Crippen molar-refractivity contribution in [1.82, 2.24) is 0 Å². The maximum Gasteiger partial charge on any atom is 0.221 e. The lowest BCUT2D eigenvalue weighted by atomic mass is 10.3. The van der Waals surface area contributed by atoms with Crippen molar-refractivity contribution in [3.63, 3.8) is 0 Å². The van der Waals surface area contributed by atoms with Gasteiger partial charge in [-0.25, -0.2) is 0 Å². The molecule has 0 heterocycles. The molecule has 7 heteroatoms. The van der Waals surface area contributed by atoms with Crippen molar-refractivity contribution in [3.8, 4) is 0 Å². The van der Waals surface area contributed by atoms with Gasteiger partial charge in [-0.15, -0.1) is 0 Å². The van der Waals surface area contributed by atoms with Crippen molar-refractivity contribution >= 4 is 45.9 Å². The first kappa shape index (κ1) is 12.4. The summed E-state index contributed by atoms with van der Waals surface area (Å²) >= 11 is 9.10. The molecule has 1 amide bonds. The Morgan fingerprint density at radius 2 is 1.87 bits per heavy atom. The molecule has 0 aliphatic heterocycles. The lowest BCUT2D eigenvalue weighted by molar-refractivity contribution is -0.114. The monoisotopic (exact) mass is 266 g/mol. The minimum Gasteiger partial charge on any atom is -0.768 e. The van der Waals surface area contributed by atoms with E-state index in [9.17, 15) is 13.6 Å². The highest BCUT2D eigenvalue weighted by Gasteiger charge is 2.09. The molecule has 0 aliphatic rings. The Labute approximate surface area is 98.9 Å². The second-order valence-corrected chi connectivity index (χ2v) is 4.43. The molecule has 1 N–H and O–H groups in total. The number of halogens is 2. The molecule has 1 unspecified atom stereocenters. The molecule has 0 aliphatic carbocycles. The van der Waals surface area contributed by atoms with Crippen LogP contribution in [-0.4, -0.2) is 14.7 Å². The summed E-state index contributed by atoms with van der Waals surface area (Å²) in [5, 5.41) is 2.56. The molecule has 0 bridgehead atoms. The van der Waals surface area contributed by atoms with E-state index in [1.54, 1.807) is 0 Å². The van der Waals surface area contributed by atoms with Gasteiger partial charge in [-0.05, 0) is 23.2 Å². The van der Waals surface area contributed by atoms with Crippen LogP contribution in [0.3, 0.4) is 0 Å². The molecule has 0 fully saturated rings. The van der Waals surface area contributed by atoms with E-state index in [-0.39, 0.29) is 26.5 Å². The van der Waals surface area contributed by atoms with Gasteiger partial charge in [-0.1, -0.05) is 23.2 Å². The van der Waals surface area contributed by atoms with Crippen molar-refractivity contribution in [3.05, 3.63) is 22.2 Å². The SMILES string of the molecule is CC(=O)Nc1c(Cl)cc(S(=O)[O-])cc1Cl. The zero-order valence-corrected chi connectivity index (χ0v) is 9.87. The fourth-order valence-electron chi connectivity index (χ4n) is 0.942. The van der Waals surface area contributed by atoms with E-state index >= 15 is 0 Å². The zero-order chi connectivity index (χ0) is 11.6. The molecule has 0 saturated heterocycles. The van der Waals surface area contributed by atoms with Crippen LogP contribution in [0.4, 0.5) is 5.69 Å². The van der Waals surface area contributed by atoms with Crippen LogP contribution in [-0.2, 0) is 15.9 Å². The summed E-state index contributed by atoms with van der Waals surface area (Å²) in [5.41, 5.74) is 0.208. The van der Waals surface area contributed by atoms with E-state index in [0.29, 0.717) is 0 Å². The molecule has 0 aromatic heterocycles. The number of amides is 1. The van der Waals surface area contributed by atoms with Gasteiger partial charge >= 0.3 is 0 Å². The Morgan fingerprint density at radius 1 is 1.40 bits per heavy atom.